The van der Waals surface area contributed by atoms with E-state index in [-0.39, 0.29) is 5.11 Å². The molecule has 3 N–H and O–H groups in total. The van der Waals surface area contributed by atoms with E-state index in [9.17, 15) is 4.79 Å². The lowest BCUT2D eigenvalue weighted by Gasteiger charge is -2.28. The van der Waals surface area contributed by atoms with E-state index in [4.69, 9.17) is 70.2 Å². The molecule has 0 unspecified atom stereocenters. The van der Waals surface area contributed by atoms with Crippen LogP contribution in [-0.2, 0) is 0 Å². The molecule has 0 radical (unpaired) electrons. The number of anilines is 1. The minimum atomic E-state index is -1.90. The Balaban J connectivity index is 2.14. The lowest BCUT2D eigenvalue weighted by atomic mass is 10.2. The molecule has 0 saturated carbocycles. The third-order valence-electron chi connectivity index (χ3n) is 3.20. The van der Waals surface area contributed by atoms with Crippen molar-refractivity contribution in [2.24, 2.45) is 0 Å². The van der Waals surface area contributed by atoms with E-state index in [2.05, 4.69) is 31.9 Å². The largest absolute Gasteiger partial charge is 0.339 e. The molecule has 27 heavy (non-hydrogen) atoms. The van der Waals surface area contributed by atoms with Gasteiger partial charge < -0.3 is 16.0 Å². The van der Waals surface area contributed by atoms with E-state index < -0.39 is 15.9 Å². The van der Waals surface area contributed by atoms with Gasteiger partial charge >= 0.3 is 0 Å². The predicted octanol–water partition coefficient (Wildman–Crippen LogP) is 6.17. The fourth-order valence-corrected chi connectivity index (χ4v) is 3.46. The Morgan fingerprint density at radius 3 is 2.15 bits per heavy atom. The number of thiocarbonyl (C=S) groups is 1. The molecule has 0 aliphatic carbocycles. The second kappa shape index (κ2) is 9.83. The Hall–Kier alpha value is -0.470. The summed E-state index contributed by atoms with van der Waals surface area (Å²) in [7, 11) is 0. The SMILES string of the molecule is O=C(N[C@H](NC(=S)Nc1c(Cl)cccc1Cl)C(Cl)(Cl)Cl)c1ccccc1Br. The van der Waals surface area contributed by atoms with Gasteiger partial charge in [-0.2, -0.15) is 0 Å². The first kappa shape index (κ1) is 22.8. The van der Waals surface area contributed by atoms with Gasteiger partial charge in [-0.25, -0.2) is 0 Å². The molecule has 0 heterocycles. The monoisotopic (exact) mass is 547 g/mol. The Kier molecular flexibility index (Phi) is 8.31. The van der Waals surface area contributed by atoms with Crippen molar-refractivity contribution in [2.75, 3.05) is 5.32 Å². The highest BCUT2D eigenvalue weighted by molar-refractivity contribution is 9.10. The van der Waals surface area contributed by atoms with Crippen LogP contribution in [0.15, 0.2) is 46.9 Å². The van der Waals surface area contributed by atoms with Crippen molar-refractivity contribution in [2.45, 2.75) is 9.96 Å². The number of rotatable bonds is 4. The average Bonchev–Trinajstić information content (AvgIpc) is 2.57. The van der Waals surface area contributed by atoms with E-state index >= 15 is 0 Å². The maximum absolute atomic E-state index is 12.5. The minimum absolute atomic E-state index is 0.0498. The molecule has 2 aromatic rings. The molecule has 0 bridgehead atoms. The summed E-state index contributed by atoms with van der Waals surface area (Å²) in [4.78, 5) is 12.5. The molecule has 1 atom stereocenters. The van der Waals surface area contributed by atoms with Gasteiger partial charge in [0.2, 0.25) is 3.79 Å². The highest BCUT2D eigenvalue weighted by Gasteiger charge is 2.35. The molecule has 0 aliphatic rings. The summed E-state index contributed by atoms with van der Waals surface area (Å²) in [5, 5.41) is 8.92. The van der Waals surface area contributed by atoms with E-state index in [1.807, 2.05) is 0 Å². The first-order chi connectivity index (χ1) is 12.6. The maximum Gasteiger partial charge on any atom is 0.254 e. The second-order valence-corrected chi connectivity index (χ2v) is 9.57. The van der Waals surface area contributed by atoms with Crippen molar-refractivity contribution in [1.29, 1.82) is 0 Å². The van der Waals surface area contributed by atoms with Gasteiger partial charge in [-0.05, 0) is 52.4 Å². The van der Waals surface area contributed by atoms with Crippen LogP contribution in [0.3, 0.4) is 0 Å². The molecule has 0 aliphatic heterocycles. The van der Waals surface area contributed by atoms with E-state index in [0.717, 1.165) is 0 Å². The molecule has 0 aromatic heterocycles. The average molecular weight is 551 g/mol. The number of halogens is 6. The Bertz CT molecular complexity index is 842. The zero-order valence-electron chi connectivity index (χ0n) is 13.2. The lowest BCUT2D eigenvalue weighted by Crippen LogP contribution is -2.56. The predicted molar refractivity (Wildman–Crippen MR) is 122 cm³/mol. The molecular formula is C16H11BrCl5N3OS. The number of carbonyl (C=O) groups is 1. The van der Waals surface area contributed by atoms with Gasteiger partial charge in [-0.1, -0.05) is 76.2 Å². The van der Waals surface area contributed by atoms with Crippen LogP contribution in [0.5, 0.6) is 0 Å². The van der Waals surface area contributed by atoms with Crippen molar-refractivity contribution in [3.8, 4) is 0 Å². The smallest absolute Gasteiger partial charge is 0.254 e. The molecule has 144 valence electrons. The van der Waals surface area contributed by atoms with Crippen molar-refractivity contribution in [1.82, 2.24) is 10.6 Å². The van der Waals surface area contributed by atoms with E-state index in [0.29, 0.717) is 25.8 Å². The molecule has 0 saturated heterocycles. The summed E-state index contributed by atoms with van der Waals surface area (Å²) in [6.07, 6.45) is -1.14. The quantitative estimate of drug-likeness (QED) is 0.242. The van der Waals surface area contributed by atoms with Crippen LogP contribution in [-0.4, -0.2) is 21.0 Å². The number of nitrogens with one attached hydrogen (secondary N) is 3. The van der Waals surface area contributed by atoms with E-state index in [1.165, 1.54) is 0 Å². The zero-order chi connectivity index (χ0) is 20.2. The van der Waals surface area contributed by atoms with Gasteiger partial charge in [0.25, 0.3) is 5.91 Å². The molecule has 1 amide bonds. The summed E-state index contributed by atoms with van der Waals surface area (Å²) >= 11 is 38.7. The molecule has 0 spiro atoms. The fourth-order valence-electron chi connectivity index (χ4n) is 1.95. The van der Waals surface area contributed by atoms with Gasteiger partial charge in [0.15, 0.2) is 5.11 Å². The third kappa shape index (κ3) is 6.53. The zero-order valence-corrected chi connectivity index (χ0v) is 19.4. The lowest BCUT2D eigenvalue weighted by molar-refractivity contribution is 0.0934. The third-order valence-corrected chi connectivity index (χ3v) is 5.39. The Morgan fingerprint density at radius 2 is 1.59 bits per heavy atom. The summed E-state index contributed by atoms with van der Waals surface area (Å²) < 4.78 is -1.30. The summed E-state index contributed by atoms with van der Waals surface area (Å²) in [5.41, 5.74) is 0.755. The van der Waals surface area contributed by atoms with Crippen molar-refractivity contribution in [3.63, 3.8) is 0 Å². The van der Waals surface area contributed by atoms with Gasteiger partial charge in [0.05, 0.1) is 21.3 Å². The van der Waals surface area contributed by atoms with Gasteiger partial charge in [0.1, 0.15) is 6.17 Å². The minimum Gasteiger partial charge on any atom is -0.339 e. The topological polar surface area (TPSA) is 53.2 Å². The van der Waals surface area contributed by atoms with Crippen LogP contribution < -0.4 is 16.0 Å². The van der Waals surface area contributed by atoms with Gasteiger partial charge in [0, 0.05) is 4.47 Å². The first-order valence-electron chi connectivity index (χ1n) is 7.23. The second-order valence-electron chi connectivity index (χ2n) is 5.12. The van der Waals surface area contributed by atoms with Gasteiger partial charge in [-0.3, -0.25) is 4.79 Å². The summed E-state index contributed by atoms with van der Waals surface area (Å²) in [5.74, 6) is -0.468. The van der Waals surface area contributed by atoms with E-state index in [1.54, 1.807) is 42.5 Å². The van der Waals surface area contributed by atoms with Crippen LogP contribution in [0.1, 0.15) is 10.4 Å². The van der Waals surface area contributed by atoms with Crippen LogP contribution in [0.2, 0.25) is 10.0 Å². The molecule has 2 aromatic carbocycles. The number of para-hydroxylation sites is 1. The van der Waals surface area contributed by atoms with Crippen molar-refractivity contribution < 1.29 is 4.79 Å². The number of carbonyl (C=O) groups excluding carboxylic acids is 1. The van der Waals surface area contributed by atoms with Gasteiger partial charge in [-0.15, -0.1) is 0 Å². The number of hydrogen-bond donors (Lipinski definition) is 3. The highest BCUT2D eigenvalue weighted by atomic mass is 79.9. The van der Waals surface area contributed by atoms with Crippen LogP contribution in [0.25, 0.3) is 0 Å². The normalized spacial score (nSPS) is 12.2. The number of hydrogen-bond acceptors (Lipinski definition) is 2. The number of alkyl halides is 3. The van der Waals surface area contributed by atoms with Crippen molar-refractivity contribution >= 4 is 103 Å². The van der Waals surface area contributed by atoms with Crippen LogP contribution in [0.4, 0.5) is 5.69 Å². The van der Waals surface area contributed by atoms with Crippen LogP contribution in [0, 0.1) is 0 Å². The molecule has 2 rings (SSSR count). The number of benzene rings is 2. The van der Waals surface area contributed by atoms with Crippen LogP contribution >= 0.6 is 86.2 Å². The Morgan fingerprint density at radius 1 is 1.00 bits per heavy atom. The standard InChI is InChI=1S/C16H11BrCl5N3OS/c17-9-5-2-1-4-8(9)13(26)24-14(16(20,21)22)25-15(27)23-12-10(18)6-3-7-11(12)19/h1-7,14H,(H,24,26)(H2,23,25,27)/t14-/m1/s1. The maximum atomic E-state index is 12.5. The fraction of sp³-hybridized carbons (Fsp3) is 0.125. The molecule has 4 nitrogen and oxygen atoms in total. The Labute approximate surface area is 195 Å². The molecule has 0 fully saturated rings. The molecule has 11 heteroatoms. The first-order valence-corrected chi connectivity index (χ1v) is 10.3. The van der Waals surface area contributed by atoms with Crippen molar-refractivity contribution in [3.05, 3.63) is 62.5 Å². The molecular weight excluding hydrogens is 539 g/mol. The highest BCUT2D eigenvalue weighted by Crippen LogP contribution is 2.31. The number of amides is 1. The summed E-state index contributed by atoms with van der Waals surface area (Å²) in [6, 6.07) is 11.8. The summed E-state index contributed by atoms with van der Waals surface area (Å²) in [6.45, 7) is 0.